The molecular formula is C30H38N2O3P+. The van der Waals surface area contributed by atoms with Gasteiger partial charge in [-0.25, -0.2) is 4.57 Å². The minimum atomic E-state index is -2.97. The molecule has 0 spiro atoms. The van der Waals surface area contributed by atoms with Crippen LogP contribution in [0.3, 0.4) is 0 Å². The Labute approximate surface area is 215 Å². The summed E-state index contributed by atoms with van der Waals surface area (Å²) in [6.45, 7) is 7.34. The molecule has 0 radical (unpaired) electrons. The van der Waals surface area contributed by atoms with Crippen molar-refractivity contribution >= 4 is 25.4 Å². The number of rotatable bonds is 12. The van der Waals surface area contributed by atoms with E-state index < -0.39 is 7.60 Å². The predicted octanol–water partition coefficient (Wildman–Crippen LogP) is 6.75. The quantitative estimate of drug-likeness (QED) is 0.202. The monoisotopic (exact) mass is 505 g/mol. The van der Waals surface area contributed by atoms with Gasteiger partial charge in [0.1, 0.15) is 6.54 Å². The van der Waals surface area contributed by atoms with E-state index >= 15 is 0 Å². The zero-order valence-electron chi connectivity index (χ0n) is 21.5. The molecule has 0 fully saturated rings. The van der Waals surface area contributed by atoms with Crippen LogP contribution in [-0.2, 0) is 33.1 Å². The number of nitrogens with zero attached hydrogens (tertiary/aromatic N) is 2. The van der Waals surface area contributed by atoms with E-state index in [0.717, 1.165) is 38.0 Å². The summed E-state index contributed by atoms with van der Waals surface area (Å²) in [5, 5.41) is 0. The van der Waals surface area contributed by atoms with Crippen molar-refractivity contribution in [2.45, 2.75) is 46.2 Å². The molecule has 0 bridgehead atoms. The second kappa shape index (κ2) is 13.0. The third-order valence-electron chi connectivity index (χ3n) is 6.42. The normalized spacial score (nSPS) is 13.8. The number of benzene rings is 2. The van der Waals surface area contributed by atoms with Gasteiger partial charge in [0, 0.05) is 37.3 Å². The van der Waals surface area contributed by atoms with Crippen LogP contribution in [0.25, 0.3) is 12.2 Å². The standard InChI is InChI=1S/C30H38N2O3P/c1-3-34-36(33,35-4-2)23-9-19-31-21-17-26(18-22-31)13-14-27-15-16-30-29(24-27)12-8-20-32(30)25-28-10-6-5-7-11-28/h5-7,10-11,13-18,21-22,24H,3-4,8-9,12,19-20,23,25H2,1-2H3/q+1. The van der Waals surface area contributed by atoms with Crippen LogP contribution < -0.4 is 9.47 Å². The Bertz CT molecular complexity index is 1170. The van der Waals surface area contributed by atoms with Crippen LogP contribution in [0.5, 0.6) is 0 Å². The van der Waals surface area contributed by atoms with Crippen LogP contribution in [0.15, 0.2) is 73.1 Å². The van der Waals surface area contributed by atoms with Gasteiger partial charge < -0.3 is 13.9 Å². The summed E-state index contributed by atoms with van der Waals surface area (Å²) in [6, 6.07) is 21.8. The minimum absolute atomic E-state index is 0.404. The molecule has 0 N–H and O–H groups in total. The number of fused-ring (bicyclic) bond motifs is 1. The fourth-order valence-corrected chi connectivity index (χ4v) is 6.34. The Balaban J connectivity index is 1.34. The van der Waals surface area contributed by atoms with Crippen LogP contribution in [-0.4, -0.2) is 25.9 Å². The molecule has 0 atom stereocenters. The molecule has 0 amide bonds. The van der Waals surface area contributed by atoms with E-state index in [1.54, 1.807) is 0 Å². The maximum absolute atomic E-state index is 12.6. The summed E-state index contributed by atoms with van der Waals surface area (Å²) in [4.78, 5) is 2.50. The third kappa shape index (κ3) is 7.39. The topological polar surface area (TPSA) is 42.7 Å². The number of hydrogen-bond donors (Lipinski definition) is 0. The van der Waals surface area contributed by atoms with Crippen molar-refractivity contribution in [2.24, 2.45) is 0 Å². The Morgan fingerprint density at radius 3 is 2.39 bits per heavy atom. The van der Waals surface area contributed by atoms with Crippen molar-refractivity contribution in [3.05, 3.63) is 95.3 Å². The Morgan fingerprint density at radius 1 is 0.944 bits per heavy atom. The maximum Gasteiger partial charge on any atom is 0.330 e. The second-order valence-corrected chi connectivity index (χ2v) is 11.3. The maximum atomic E-state index is 12.6. The number of aryl methyl sites for hydroxylation is 2. The summed E-state index contributed by atoms with van der Waals surface area (Å²) in [7, 11) is -2.97. The van der Waals surface area contributed by atoms with Gasteiger partial charge in [0.25, 0.3) is 0 Å². The van der Waals surface area contributed by atoms with Crippen LogP contribution in [0.1, 0.15) is 48.9 Å². The number of pyridine rings is 1. The van der Waals surface area contributed by atoms with Gasteiger partial charge in [-0.1, -0.05) is 48.6 Å². The van der Waals surface area contributed by atoms with Crippen LogP contribution in [0.2, 0.25) is 0 Å². The van der Waals surface area contributed by atoms with E-state index in [1.165, 1.54) is 28.8 Å². The molecule has 0 aliphatic carbocycles. The lowest BCUT2D eigenvalue weighted by molar-refractivity contribution is -0.696. The highest BCUT2D eigenvalue weighted by molar-refractivity contribution is 7.53. The van der Waals surface area contributed by atoms with Crippen molar-refractivity contribution in [3.8, 4) is 0 Å². The summed E-state index contributed by atoms with van der Waals surface area (Å²) in [6.07, 6.45) is 12.0. The molecule has 2 heterocycles. The van der Waals surface area contributed by atoms with Gasteiger partial charge in [0.2, 0.25) is 0 Å². The van der Waals surface area contributed by atoms with Crippen molar-refractivity contribution in [1.82, 2.24) is 0 Å². The molecule has 3 aromatic rings. The smallest absolute Gasteiger partial charge is 0.330 e. The first-order valence-electron chi connectivity index (χ1n) is 13.1. The lowest BCUT2D eigenvalue weighted by Crippen LogP contribution is -2.33. The summed E-state index contributed by atoms with van der Waals surface area (Å²) >= 11 is 0. The molecule has 6 heteroatoms. The molecule has 4 rings (SSSR count). The molecule has 1 aromatic heterocycles. The Kier molecular flexibility index (Phi) is 9.52. The van der Waals surface area contributed by atoms with E-state index in [4.69, 9.17) is 9.05 Å². The first-order chi connectivity index (χ1) is 17.6. The van der Waals surface area contributed by atoms with Gasteiger partial charge in [-0.05, 0) is 61.1 Å². The molecule has 36 heavy (non-hydrogen) atoms. The average Bonchev–Trinajstić information content (AvgIpc) is 2.89. The van der Waals surface area contributed by atoms with Crippen LogP contribution in [0, 0.1) is 0 Å². The van der Waals surface area contributed by atoms with Crippen LogP contribution in [0.4, 0.5) is 5.69 Å². The van der Waals surface area contributed by atoms with Crippen molar-refractivity contribution in [1.29, 1.82) is 0 Å². The number of hydrogen-bond acceptors (Lipinski definition) is 4. The van der Waals surface area contributed by atoms with Gasteiger partial charge in [-0.15, -0.1) is 0 Å². The third-order valence-corrected chi connectivity index (χ3v) is 8.59. The summed E-state index contributed by atoms with van der Waals surface area (Å²) < 4.78 is 25.5. The fourth-order valence-electron chi connectivity index (χ4n) is 4.69. The first kappa shape index (κ1) is 26.3. The molecule has 1 aliphatic rings. The fraction of sp³-hybridized carbons (Fsp3) is 0.367. The van der Waals surface area contributed by atoms with Crippen molar-refractivity contribution < 1.29 is 18.2 Å². The van der Waals surface area contributed by atoms with Gasteiger partial charge in [0.15, 0.2) is 12.4 Å². The van der Waals surface area contributed by atoms with E-state index in [0.29, 0.717) is 19.4 Å². The Hall–Kier alpha value is -2.72. The summed E-state index contributed by atoms with van der Waals surface area (Å²) in [5.41, 5.74) is 6.54. The van der Waals surface area contributed by atoms with E-state index in [9.17, 15) is 4.57 Å². The molecule has 0 unspecified atom stereocenters. The minimum Gasteiger partial charge on any atom is -0.367 e. The highest BCUT2D eigenvalue weighted by atomic mass is 31.2. The summed E-state index contributed by atoms with van der Waals surface area (Å²) in [5.74, 6) is 0. The van der Waals surface area contributed by atoms with E-state index in [-0.39, 0.29) is 0 Å². The largest absolute Gasteiger partial charge is 0.367 e. The number of aromatic nitrogens is 1. The molecule has 2 aromatic carbocycles. The number of anilines is 1. The molecule has 190 valence electrons. The molecule has 1 aliphatic heterocycles. The molecule has 5 nitrogen and oxygen atoms in total. The van der Waals surface area contributed by atoms with Gasteiger partial charge >= 0.3 is 7.60 Å². The zero-order chi connectivity index (χ0) is 25.2. The van der Waals surface area contributed by atoms with Crippen molar-refractivity contribution in [2.75, 3.05) is 30.8 Å². The predicted molar refractivity (Wildman–Crippen MR) is 148 cm³/mol. The highest BCUT2D eigenvalue weighted by Crippen LogP contribution is 2.48. The molecular weight excluding hydrogens is 467 g/mol. The Morgan fingerprint density at radius 2 is 1.67 bits per heavy atom. The second-order valence-electron chi connectivity index (χ2n) is 9.13. The molecule has 0 saturated carbocycles. The zero-order valence-corrected chi connectivity index (χ0v) is 22.4. The first-order valence-corrected chi connectivity index (χ1v) is 14.8. The molecule has 0 saturated heterocycles. The SMILES string of the molecule is CCOP(=O)(CCC[n+]1ccc(C=Cc2ccc3c(c2)CCCN3Cc2ccccc2)cc1)OCC. The van der Waals surface area contributed by atoms with Gasteiger partial charge in [-0.2, -0.15) is 0 Å². The lowest BCUT2D eigenvalue weighted by Gasteiger charge is -2.31. The van der Waals surface area contributed by atoms with E-state index in [2.05, 4.69) is 94.7 Å². The van der Waals surface area contributed by atoms with E-state index in [1.807, 2.05) is 13.8 Å². The lowest BCUT2D eigenvalue weighted by atomic mass is 9.98. The van der Waals surface area contributed by atoms with Gasteiger partial charge in [-0.3, -0.25) is 4.57 Å². The van der Waals surface area contributed by atoms with Gasteiger partial charge in [0.05, 0.1) is 19.4 Å². The average molecular weight is 506 g/mol. The highest BCUT2D eigenvalue weighted by Gasteiger charge is 2.23. The van der Waals surface area contributed by atoms with Crippen LogP contribution >= 0.6 is 7.60 Å². The van der Waals surface area contributed by atoms with Crippen molar-refractivity contribution in [3.63, 3.8) is 0 Å².